The van der Waals surface area contributed by atoms with E-state index in [0.717, 1.165) is 44.3 Å². The van der Waals surface area contributed by atoms with Gasteiger partial charge < -0.3 is 14.6 Å². The average Bonchev–Trinajstić information content (AvgIpc) is 3.55. The number of hydrogen-bond donors (Lipinski definition) is 1. The molecule has 2 fully saturated rings. The number of rotatable bonds is 6. The lowest BCUT2D eigenvalue weighted by molar-refractivity contribution is 0.0937. The summed E-state index contributed by atoms with van der Waals surface area (Å²) in [4.78, 5) is 21.3. The number of carbonyl (C=O) groups excluding carboxylic acids is 1. The lowest BCUT2D eigenvalue weighted by Gasteiger charge is -2.39. The molecule has 7 heteroatoms. The third kappa shape index (κ3) is 4.78. The fourth-order valence-electron chi connectivity index (χ4n) is 4.98. The van der Waals surface area contributed by atoms with Crippen LogP contribution < -0.4 is 10.2 Å². The van der Waals surface area contributed by atoms with Crippen LogP contribution in [0, 0.1) is 5.82 Å². The van der Waals surface area contributed by atoms with Crippen LogP contribution in [0.5, 0.6) is 0 Å². The Hall–Kier alpha value is -3.19. The van der Waals surface area contributed by atoms with Gasteiger partial charge in [0.05, 0.1) is 11.9 Å². The van der Waals surface area contributed by atoms with E-state index < -0.39 is 0 Å². The summed E-state index contributed by atoms with van der Waals surface area (Å²) in [7, 11) is 0. The van der Waals surface area contributed by atoms with Crippen molar-refractivity contribution < 1.29 is 13.6 Å². The normalized spacial score (nSPS) is 18.4. The van der Waals surface area contributed by atoms with Crippen molar-refractivity contribution in [3.05, 3.63) is 83.8 Å². The first-order valence-electron chi connectivity index (χ1n) is 11.7. The van der Waals surface area contributed by atoms with E-state index in [2.05, 4.69) is 27.3 Å². The van der Waals surface area contributed by atoms with Crippen molar-refractivity contribution in [3.8, 4) is 0 Å². The van der Waals surface area contributed by atoms with Gasteiger partial charge in [0.2, 0.25) is 5.89 Å². The molecule has 5 rings (SSSR count). The number of aromatic nitrogens is 1. The molecule has 2 aromatic carbocycles. The summed E-state index contributed by atoms with van der Waals surface area (Å²) in [6.45, 7) is 2.83. The minimum absolute atomic E-state index is 0.0742. The van der Waals surface area contributed by atoms with Gasteiger partial charge in [-0.05, 0) is 36.6 Å². The molecule has 0 spiro atoms. The maximum atomic E-state index is 15.0. The van der Waals surface area contributed by atoms with Gasteiger partial charge in [-0.2, -0.15) is 0 Å². The second-order valence-corrected chi connectivity index (χ2v) is 8.83. The van der Waals surface area contributed by atoms with Crippen LogP contribution in [0.1, 0.15) is 53.5 Å². The first-order valence-corrected chi connectivity index (χ1v) is 11.7. The lowest BCUT2D eigenvalue weighted by Crippen LogP contribution is -2.48. The van der Waals surface area contributed by atoms with Crippen LogP contribution >= 0.6 is 0 Å². The Kier molecular flexibility index (Phi) is 6.39. The van der Waals surface area contributed by atoms with Gasteiger partial charge in [-0.15, -0.1) is 0 Å². The molecular weight excluding hydrogens is 419 g/mol. The zero-order valence-electron chi connectivity index (χ0n) is 18.6. The lowest BCUT2D eigenvalue weighted by atomic mass is 10.0. The molecule has 1 amide bonds. The van der Waals surface area contributed by atoms with Crippen molar-refractivity contribution >= 4 is 11.6 Å². The summed E-state index contributed by atoms with van der Waals surface area (Å²) in [5.41, 5.74) is 2.05. The number of piperazine rings is 1. The highest BCUT2D eigenvalue weighted by Gasteiger charge is 2.30. The van der Waals surface area contributed by atoms with Gasteiger partial charge in [-0.1, -0.05) is 43.2 Å². The largest absolute Gasteiger partial charge is 0.447 e. The number of anilines is 1. The highest BCUT2D eigenvalue weighted by molar-refractivity contribution is 5.94. The number of amides is 1. The number of nitrogens with one attached hydrogen (secondary N) is 1. The molecule has 33 heavy (non-hydrogen) atoms. The van der Waals surface area contributed by atoms with E-state index in [1.54, 1.807) is 24.6 Å². The van der Waals surface area contributed by atoms with E-state index >= 15 is 0 Å². The monoisotopic (exact) mass is 448 g/mol. The summed E-state index contributed by atoms with van der Waals surface area (Å²) < 4.78 is 20.6. The highest BCUT2D eigenvalue weighted by atomic mass is 19.1. The van der Waals surface area contributed by atoms with Gasteiger partial charge in [0, 0.05) is 37.8 Å². The summed E-state index contributed by atoms with van der Waals surface area (Å²) in [5, 5.41) is 3.03. The van der Waals surface area contributed by atoms with Gasteiger partial charge in [0.15, 0.2) is 0 Å². The molecule has 1 aliphatic heterocycles. The van der Waals surface area contributed by atoms with E-state index in [0.29, 0.717) is 30.2 Å². The Morgan fingerprint density at radius 1 is 1.06 bits per heavy atom. The van der Waals surface area contributed by atoms with Crippen LogP contribution in [0.3, 0.4) is 0 Å². The molecule has 0 bridgehead atoms. The molecule has 3 aromatic rings. The Labute approximate surface area is 193 Å². The van der Waals surface area contributed by atoms with Crippen molar-refractivity contribution in [2.45, 2.75) is 37.8 Å². The Morgan fingerprint density at radius 3 is 2.48 bits per heavy atom. The standard InChI is InChI=1S/C26H29FN4O2/c27-22-18-20(25(32)29-21-8-4-5-9-21)10-11-23(22)30-13-15-31(16-14-30)24(26-28-12-17-33-26)19-6-2-1-3-7-19/h1-3,6-7,10-12,17-18,21,24H,4-5,8-9,13-16H2,(H,29,32). The van der Waals surface area contributed by atoms with Crippen molar-refractivity contribution in [1.29, 1.82) is 0 Å². The van der Waals surface area contributed by atoms with Crippen LogP contribution in [-0.4, -0.2) is 48.0 Å². The van der Waals surface area contributed by atoms with Crippen molar-refractivity contribution in [3.63, 3.8) is 0 Å². The van der Waals surface area contributed by atoms with E-state index in [-0.39, 0.29) is 23.8 Å². The van der Waals surface area contributed by atoms with Crippen LogP contribution in [0.4, 0.5) is 10.1 Å². The van der Waals surface area contributed by atoms with Crippen LogP contribution in [0.25, 0.3) is 0 Å². The smallest absolute Gasteiger partial charge is 0.251 e. The number of carbonyl (C=O) groups is 1. The van der Waals surface area contributed by atoms with E-state index in [1.807, 2.05) is 23.1 Å². The molecule has 1 unspecified atom stereocenters. The predicted molar refractivity (Wildman–Crippen MR) is 125 cm³/mol. The van der Waals surface area contributed by atoms with Crippen LogP contribution in [0.15, 0.2) is 65.4 Å². The number of oxazole rings is 1. The van der Waals surface area contributed by atoms with E-state index in [9.17, 15) is 9.18 Å². The third-order valence-corrected chi connectivity index (χ3v) is 6.72. The second-order valence-electron chi connectivity index (χ2n) is 8.83. The highest BCUT2D eigenvalue weighted by Crippen LogP contribution is 2.30. The topological polar surface area (TPSA) is 61.6 Å². The Morgan fingerprint density at radius 2 is 1.82 bits per heavy atom. The second kappa shape index (κ2) is 9.75. The Balaban J connectivity index is 1.26. The summed E-state index contributed by atoms with van der Waals surface area (Å²) >= 11 is 0. The quantitative estimate of drug-likeness (QED) is 0.606. The SMILES string of the molecule is O=C(NC1CCCC1)c1ccc(N2CCN(C(c3ccccc3)c3ncco3)CC2)c(F)c1. The first-order chi connectivity index (χ1) is 16.2. The molecule has 0 radical (unpaired) electrons. The van der Waals surface area contributed by atoms with Crippen molar-refractivity contribution in [1.82, 2.24) is 15.2 Å². The molecule has 1 aliphatic carbocycles. The van der Waals surface area contributed by atoms with E-state index in [1.165, 1.54) is 6.07 Å². The fraction of sp³-hybridized carbons (Fsp3) is 0.385. The molecule has 2 heterocycles. The zero-order valence-corrected chi connectivity index (χ0v) is 18.6. The number of halogens is 1. The fourth-order valence-corrected chi connectivity index (χ4v) is 4.98. The van der Waals surface area contributed by atoms with Crippen molar-refractivity contribution in [2.75, 3.05) is 31.1 Å². The van der Waals surface area contributed by atoms with Gasteiger partial charge in [-0.25, -0.2) is 9.37 Å². The Bertz CT molecular complexity index is 1060. The summed E-state index contributed by atoms with van der Waals surface area (Å²) in [6, 6.07) is 15.2. The number of hydrogen-bond acceptors (Lipinski definition) is 5. The molecule has 2 aliphatic rings. The molecule has 1 atom stereocenters. The van der Waals surface area contributed by atoms with Gasteiger partial charge >= 0.3 is 0 Å². The molecular formula is C26H29FN4O2. The molecule has 6 nitrogen and oxygen atoms in total. The third-order valence-electron chi connectivity index (χ3n) is 6.72. The first kappa shape index (κ1) is 21.6. The summed E-state index contributed by atoms with van der Waals surface area (Å²) in [5.74, 6) is 0.127. The zero-order chi connectivity index (χ0) is 22.6. The van der Waals surface area contributed by atoms with Crippen molar-refractivity contribution in [2.24, 2.45) is 0 Å². The maximum Gasteiger partial charge on any atom is 0.251 e. The maximum absolute atomic E-state index is 15.0. The number of nitrogens with zero attached hydrogens (tertiary/aromatic N) is 3. The summed E-state index contributed by atoms with van der Waals surface area (Å²) in [6.07, 6.45) is 7.57. The molecule has 1 saturated heterocycles. The van der Waals surface area contributed by atoms with Crippen LogP contribution in [0.2, 0.25) is 0 Å². The molecule has 1 N–H and O–H groups in total. The molecule has 1 saturated carbocycles. The van der Waals surface area contributed by atoms with E-state index in [4.69, 9.17) is 4.42 Å². The minimum Gasteiger partial charge on any atom is -0.447 e. The predicted octanol–water partition coefficient (Wildman–Crippen LogP) is 4.40. The molecule has 1 aromatic heterocycles. The molecule has 172 valence electrons. The number of benzene rings is 2. The van der Waals surface area contributed by atoms with Gasteiger partial charge in [0.25, 0.3) is 5.91 Å². The minimum atomic E-state index is -0.352. The average molecular weight is 449 g/mol. The van der Waals surface area contributed by atoms with Gasteiger partial charge in [0.1, 0.15) is 18.1 Å². The van der Waals surface area contributed by atoms with Crippen LogP contribution in [-0.2, 0) is 0 Å². The van der Waals surface area contributed by atoms with Gasteiger partial charge in [-0.3, -0.25) is 9.69 Å².